The maximum atomic E-state index is 5.87. The molecule has 0 N–H and O–H groups in total. The van der Waals surface area contributed by atoms with E-state index < -0.39 is 0 Å². The third-order valence-electron chi connectivity index (χ3n) is 3.31. The third-order valence-corrected chi connectivity index (χ3v) is 3.50. The predicted octanol–water partition coefficient (Wildman–Crippen LogP) is 2.19. The lowest BCUT2D eigenvalue weighted by Gasteiger charge is -2.07. The minimum Gasteiger partial charge on any atom is -0.327 e. The van der Waals surface area contributed by atoms with Gasteiger partial charge in [0.2, 0.25) is 0 Å². The van der Waals surface area contributed by atoms with Crippen LogP contribution in [0.4, 0.5) is 0 Å². The number of fused-ring (bicyclic) bond motifs is 1. The Labute approximate surface area is 122 Å². The second-order valence-corrected chi connectivity index (χ2v) is 5.09. The van der Waals surface area contributed by atoms with Gasteiger partial charge >= 0.3 is 0 Å². The molecule has 5 nitrogen and oxygen atoms in total. The Balaban J connectivity index is 1.90. The number of halogens is 1. The summed E-state index contributed by atoms with van der Waals surface area (Å²) in [5, 5.41) is 4.41. The quantitative estimate of drug-likeness (QED) is 0.677. The van der Waals surface area contributed by atoms with E-state index in [4.69, 9.17) is 11.6 Å². The molecule has 0 atom stereocenters. The molecule has 0 aliphatic carbocycles. The van der Waals surface area contributed by atoms with E-state index in [1.54, 1.807) is 12.4 Å². The molecule has 0 spiro atoms. The van der Waals surface area contributed by atoms with Crippen molar-refractivity contribution in [1.29, 1.82) is 0 Å². The van der Waals surface area contributed by atoms with Crippen LogP contribution in [0.25, 0.3) is 11.0 Å². The molecule has 0 bridgehead atoms. The first-order valence-electron chi connectivity index (χ1n) is 6.61. The Morgan fingerprint density at radius 2 is 2.15 bits per heavy atom. The number of aromatic nitrogens is 5. The topological polar surface area (TPSA) is 48.5 Å². The van der Waals surface area contributed by atoms with Crippen LogP contribution in [0.2, 0.25) is 0 Å². The molecule has 3 aromatic rings. The molecule has 6 heteroatoms. The standard InChI is InChI=1S/C14H16ClN5/c1-19-8-4-11(18-19)5-9-20-13-3-7-16-10-12(13)17-14(20)2-6-15/h3-4,7-8,10H,2,5-6,9H2,1H3. The Bertz CT molecular complexity index is 715. The summed E-state index contributed by atoms with van der Waals surface area (Å²) in [6.45, 7) is 0.851. The van der Waals surface area contributed by atoms with E-state index in [-0.39, 0.29) is 0 Å². The van der Waals surface area contributed by atoms with Crippen molar-refractivity contribution in [3.05, 3.63) is 42.2 Å². The molecule has 104 valence electrons. The maximum Gasteiger partial charge on any atom is 0.111 e. The zero-order chi connectivity index (χ0) is 13.9. The molecule has 3 rings (SSSR count). The number of nitrogens with zero attached hydrogens (tertiary/aromatic N) is 5. The van der Waals surface area contributed by atoms with Crippen molar-refractivity contribution in [2.24, 2.45) is 7.05 Å². The smallest absolute Gasteiger partial charge is 0.111 e. The van der Waals surface area contributed by atoms with Gasteiger partial charge in [0.05, 0.1) is 17.4 Å². The summed E-state index contributed by atoms with van der Waals surface area (Å²) in [4.78, 5) is 8.73. The molecule has 0 unspecified atom stereocenters. The fraction of sp³-hybridized carbons (Fsp3) is 0.357. The summed E-state index contributed by atoms with van der Waals surface area (Å²) in [6, 6.07) is 4.04. The summed E-state index contributed by atoms with van der Waals surface area (Å²) in [7, 11) is 1.93. The Kier molecular flexibility index (Phi) is 3.69. The van der Waals surface area contributed by atoms with Gasteiger partial charge in [0.25, 0.3) is 0 Å². The van der Waals surface area contributed by atoms with E-state index >= 15 is 0 Å². The summed E-state index contributed by atoms with van der Waals surface area (Å²) >= 11 is 5.87. The average Bonchev–Trinajstić information content (AvgIpc) is 3.00. The van der Waals surface area contributed by atoms with Crippen molar-refractivity contribution >= 4 is 22.6 Å². The Morgan fingerprint density at radius 3 is 2.90 bits per heavy atom. The Morgan fingerprint density at radius 1 is 1.25 bits per heavy atom. The molecule has 0 saturated heterocycles. The van der Waals surface area contributed by atoms with Crippen LogP contribution in [-0.4, -0.2) is 30.2 Å². The molecule has 0 fully saturated rings. The van der Waals surface area contributed by atoms with Gasteiger partial charge in [0.1, 0.15) is 11.3 Å². The zero-order valence-corrected chi connectivity index (χ0v) is 12.1. The highest BCUT2D eigenvalue weighted by Gasteiger charge is 2.10. The fourth-order valence-corrected chi connectivity index (χ4v) is 2.55. The van der Waals surface area contributed by atoms with Crippen molar-refractivity contribution < 1.29 is 0 Å². The minimum absolute atomic E-state index is 0.570. The first kappa shape index (κ1) is 13.1. The summed E-state index contributed by atoms with van der Waals surface area (Å²) < 4.78 is 4.04. The highest BCUT2D eigenvalue weighted by Crippen LogP contribution is 2.16. The van der Waals surface area contributed by atoms with E-state index in [0.717, 1.165) is 41.9 Å². The normalized spacial score (nSPS) is 11.3. The SMILES string of the molecule is Cn1ccc(CCn2c(CCCl)nc3cnccc32)n1. The third kappa shape index (κ3) is 2.54. The zero-order valence-electron chi connectivity index (χ0n) is 11.3. The van der Waals surface area contributed by atoms with Gasteiger partial charge in [-0.05, 0) is 12.1 Å². The fourth-order valence-electron chi connectivity index (χ4n) is 2.38. The Hall–Kier alpha value is -1.88. The summed E-state index contributed by atoms with van der Waals surface area (Å²) in [5.41, 5.74) is 3.12. The van der Waals surface area contributed by atoms with Gasteiger partial charge in [0, 0.05) is 44.7 Å². The number of rotatable bonds is 5. The summed E-state index contributed by atoms with van der Waals surface area (Å²) in [6.07, 6.45) is 7.20. The van der Waals surface area contributed by atoms with Crippen LogP contribution in [0.5, 0.6) is 0 Å². The van der Waals surface area contributed by atoms with Crippen LogP contribution in [-0.2, 0) is 26.4 Å². The van der Waals surface area contributed by atoms with E-state index in [9.17, 15) is 0 Å². The summed E-state index contributed by atoms with van der Waals surface area (Å²) in [5.74, 6) is 1.58. The van der Waals surface area contributed by atoms with E-state index in [1.807, 2.05) is 30.1 Å². The van der Waals surface area contributed by atoms with E-state index in [1.165, 1.54) is 0 Å². The monoisotopic (exact) mass is 289 g/mol. The molecular formula is C14H16ClN5. The first-order chi connectivity index (χ1) is 9.78. The van der Waals surface area contributed by atoms with Gasteiger partial charge in [0.15, 0.2) is 0 Å². The largest absolute Gasteiger partial charge is 0.327 e. The van der Waals surface area contributed by atoms with Crippen molar-refractivity contribution in [3.8, 4) is 0 Å². The van der Waals surface area contributed by atoms with Crippen molar-refractivity contribution in [1.82, 2.24) is 24.3 Å². The highest BCUT2D eigenvalue weighted by molar-refractivity contribution is 6.17. The second-order valence-electron chi connectivity index (χ2n) is 4.71. The van der Waals surface area contributed by atoms with E-state index in [2.05, 4.69) is 19.6 Å². The van der Waals surface area contributed by atoms with E-state index in [0.29, 0.717) is 5.88 Å². The number of hydrogen-bond acceptors (Lipinski definition) is 3. The van der Waals surface area contributed by atoms with Gasteiger partial charge in [-0.3, -0.25) is 9.67 Å². The van der Waals surface area contributed by atoms with Crippen molar-refractivity contribution in [3.63, 3.8) is 0 Å². The van der Waals surface area contributed by atoms with Gasteiger partial charge in [-0.1, -0.05) is 0 Å². The predicted molar refractivity (Wildman–Crippen MR) is 78.9 cm³/mol. The van der Waals surface area contributed by atoms with Gasteiger partial charge in [-0.15, -0.1) is 11.6 Å². The highest BCUT2D eigenvalue weighted by atomic mass is 35.5. The number of imidazole rings is 1. The van der Waals surface area contributed by atoms with Gasteiger partial charge in [-0.2, -0.15) is 5.10 Å². The molecule has 0 radical (unpaired) electrons. The molecule has 3 heterocycles. The number of pyridine rings is 1. The van der Waals surface area contributed by atoms with Crippen LogP contribution in [0.15, 0.2) is 30.7 Å². The average molecular weight is 290 g/mol. The van der Waals surface area contributed by atoms with Gasteiger partial charge in [-0.25, -0.2) is 4.98 Å². The van der Waals surface area contributed by atoms with Gasteiger partial charge < -0.3 is 4.57 Å². The molecule has 20 heavy (non-hydrogen) atoms. The minimum atomic E-state index is 0.570. The molecule has 3 aromatic heterocycles. The number of aryl methyl sites for hydroxylation is 4. The molecule has 0 amide bonds. The van der Waals surface area contributed by atoms with Crippen molar-refractivity contribution in [2.45, 2.75) is 19.4 Å². The lowest BCUT2D eigenvalue weighted by atomic mass is 10.3. The molecule has 0 aromatic carbocycles. The first-order valence-corrected chi connectivity index (χ1v) is 7.15. The van der Waals surface area contributed by atoms with Crippen LogP contribution in [0.3, 0.4) is 0 Å². The van der Waals surface area contributed by atoms with Crippen molar-refractivity contribution in [2.75, 3.05) is 5.88 Å². The molecule has 0 aliphatic heterocycles. The maximum absolute atomic E-state index is 5.87. The van der Waals surface area contributed by atoms with Crippen LogP contribution in [0.1, 0.15) is 11.5 Å². The second kappa shape index (κ2) is 5.63. The lowest BCUT2D eigenvalue weighted by Crippen LogP contribution is -2.07. The molecule has 0 aliphatic rings. The number of alkyl halides is 1. The van der Waals surface area contributed by atoms with Crippen LogP contribution >= 0.6 is 11.6 Å². The van der Waals surface area contributed by atoms with Crippen LogP contribution < -0.4 is 0 Å². The number of hydrogen-bond donors (Lipinski definition) is 0. The lowest BCUT2D eigenvalue weighted by molar-refractivity contribution is 0.651. The molecular weight excluding hydrogens is 274 g/mol. The molecule has 0 saturated carbocycles. The van der Waals surface area contributed by atoms with Crippen LogP contribution in [0, 0.1) is 0 Å².